The third kappa shape index (κ3) is 5.01. The van der Waals surface area contributed by atoms with Crippen LogP contribution >= 0.6 is 11.6 Å². The highest BCUT2D eigenvalue weighted by Crippen LogP contribution is 2.19. The zero-order chi connectivity index (χ0) is 21.7. The van der Waals surface area contributed by atoms with Gasteiger partial charge in [-0.1, -0.05) is 17.7 Å². The first kappa shape index (κ1) is 21.0. The molecule has 30 heavy (non-hydrogen) atoms. The minimum absolute atomic E-state index is 0.00130. The lowest BCUT2D eigenvalue weighted by atomic mass is 10.2. The molecule has 0 aliphatic rings. The van der Waals surface area contributed by atoms with Crippen molar-refractivity contribution in [2.24, 2.45) is 0 Å². The van der Waals surface area contributed by atoms with Crippen molar-refractivity contribution in [1.82, 2.24) is 20.8 Å². The van der Waals surface area contributed by atoms with Crippen LogP contribution in [0.1, 0.15) is 20.8 Å². The summed E-state index contributed by atoms with van der Waals surface area (Å²) in [4.78, 5) is 31.7. The predicted octanol–water partition coefficient (Wildman–Crippen LogP) is 1.59. The van der Waals surface area contributed by atoms with E-state index in [0.717, 1.165) is 6.07 Å². The van der Waals surface area contributed by atoms with Gasteiger partial charge in [0.1, 0.15) is 0 Å². The molecule has 0 aliphatic carbocycles. The third-order valence-electron chi connectivity index (χ3n) is 3.73. The van der Waals surface area contributed by atoms with Crippen molar-refractivity contribution in [1.29, 1.82) is 0 Å². The van der Waals surface area contributed by atoms with E-state index in [9.17, 15) is 18.0 Å². The second kappa shape index (κ2) is 8.76. The largest absolute Gasteiger partial charge is 0.382 e. The van der Waals surface area contributed by atoms with Gasteiger partial charge in [0.25, 0.3) is 21.8 Å². The number of carbonyl (C=O) groups is 2. The Kier molecular flexibility index (Phi) is 6.14. The van der Waals surface area contributed by atoms with Crippen molar-refractivity contribution in [3.63, 3.8) is 0 Å². The second-order valence-corrected chi connectivity index (χ2v) is 7.96. The van der Waals surface area contributed by atoms with Crippen LogP contribution in [0, 0.1) is 0 Å². The molecular weight excluding hydrogens is 432 g/mol. The number of benzene rings is 2. The van der Waals surface area contributed by atoms with Gasteiger partial charge in [-0.05, 0) is 42.5 Å². The van der Waals surface area contributed by atoms with E-state index in [2.05, 4.69) is 25.5 Å². The summed E-state index contributed by atoms with van der Waals surface area (Å²) in [6.07, 6.45) is 2.59. The Labute approximate surface area is 176 Å². The third-order valence-corrected chi connectivity index (χ3v) is 5.37. The first-order chi connectivity index (χ1) is 14.3. The average Bonchev–Trinajstić information content (AvgIpc) is 2.73. The van der Waals surface area contributed by atoms with Crippen molar-refractivity contribution in [3.05, 3.63) is 77.2 Å². The molecule has 0 radical (unpaired) electrons. The quantitative estimate of drug-likeness (QED) is 0.433. The Morgan fingerprint density at radius 1 is 0.933 bits per heavy atom. The Bertz CT molecular complexity index is 1200. The maximum Gasteiger partial charge on any atom is 0.292 e. The van der Waals surface area contributed by atoms with E-state index in [1.165, 1.54) is 54.9 Å². The van der Waals surface area contributed by atoms with E-state index in [1.807, 2.05) is 0 Å². The van der Waals surface area contributed by atoms with E-state index in [1.54, 1.807) is 0 Å². The molecule has 3 rings (SSSR count). The lowest BCUT2D eigenvalue weighted by Crippen LogP contribution is -2.42. The maximum atomic E-state index is 12.6. The molecule has 0 saturated carbocycles. The summed E-state index contributed by atoms with van der Waals surface area (Å²) in [7, 11) is -3.96. The fourth-order valence-corrected chi connectivity index (χ4v) is 3.54. The van der Waals surface area contributed by atoms with Crippen molar-refractivity contribution in [3.8, 4) is 0 Å². The molecule has 2 aromatic carbocycles. The molecule has 1 heterocycles. The standard InChI is InChI=1S/C18H15ClN6O4S/c19-12-4-6-13(7-5-12)25-30(28,29)14-3-1-2-11(10-14)17(26)23-24-18(27)15-16(20)22-9-8-21-15/h1-10,25H,(H2,20,22)(H,23,26)(H,24,27). The average molecular weight is 447 g/mol. The summed E-state index contributed by atoms with van der Waals surface area (Å²) < 4.78 is 27.5. The molecule has 0 fully saturated rings. The number of anilines is 2. The van der Waals surface area contributed by atoms with Gasteiger partial charge in [0.15, 0.2) is 11.5 Å². The molecular formula is C18H15ClN6O4S. The normalized spacial score (nSPS) is 10.8. The number of rotatable bonds is 5. The Hall–Kier alpha value is -3.70. The van der Waals surface area contributed by atoms with Gasteiger partial charge >= 0.3 is 0 Å². The van der Waals surface area contributed by atoms with Crippen LogP contribution < -0.4 is 21.3 Å². The maximum absolute atomic E-state index is 12.6. The Balaban J connectivity index is 1.71. The molecule has 0 unspecified atom stereocenters. The minimum atomic E-state index is -3.96. The highest BCUT2D eigenvalue weighted by Gasteiger charge is 2.18. The van der Waals surface area contributed by atoms with Crippen molar-refractivity contribution < 1.29 is 18.0 Å². The molecule has 3 aromatic rings. The highest BCUT2D eigenvalue weighted by atomic mass is 35.5. The predicted molar refractivity (Wildman–Crippen MR) is 110 cm³/mol. The summed E-state index contributed by atoms with van der Waals surface area (Å²) in [6, 6.07) is 11.4. The zero-order valence-corrected chi connectivity index (χ0v) is 16.7. The minimum Gasteiger partial charge on any atom is -0.382 e. The van der Waals surface area contributed by atoms with Crippen molar-refractivity contribution in [2.75, 3.05) is 10.5 Å². The number of nitrogens with one attached hydrogen (secondary N) is 3. The number of amides is 2. The van der Waals surface area contributed by atoms with Crippen LogP contribution in [0.2, 0.25) is 5.02 Å². The summed E-state index contributed by atoms with van der Waals surface area (Å²) >= 11 is 5.79. The van der Waals surface area contributed by atoms with Gasteiger partial charge in [-0.15, -0.1) is 0 Å². The van der Waals surface area contributed by atoms with E-state index in [0.29, 0.717) is 10.7 Å². The number of nitrogens with two attached hydrogens (primary N) is 1. The SMILES string of the molecule is Nc1nccnc1C(=O)NNC(=O)c1cccc(S(=O)(=O)Nc2ccc(Cl)cc2)c1. The van der Waals surface area contributed by atoms with Crippen LogP contribution in [0.25, 0.3) is 0 Å². The van der Waals surface area contributed by atoms with E-state index in [-0.39, 0.29) is 22.0 Å². The number of hydrogen-bond acceptors (Lipinski definition) is 7. The van der Waals surface area contributed by atoms with E-state index < -0.39 is 21.8 Å². The molecule has 1 aromatic heterocycles. The van der Waals surface area contributed by atoms with Crippen LogP contribution in [-0.2, 0) is 10.0 Å². The van der Waals surface area contributed by atoms with Gasteiger partial charge in [-0.3, -0.25) is 25.2 Å². The molecule has 0 atom stereocenters. The van der Waals surface area contributed by atoms with Gasteiger partial charge < -0.3 is 5.73 Å². The van der Waals surface area contributed by atoms with Gasteiger partial charge in [-0.2, -0.15) is 0 Å². The number of halogens is 1. The highest BCUT2D eigenvalue weighted by molar-refractivity contribution is 7.92. The van der Waals surface area contributed by atoms with Crippen LogP contribution in [-0.4, -0.2) is 30.2 Å². The van der Waals surface area contributed by atoms with E-state index >= 15 is 0 Å². The number of sulfonamides is 1. The summed E-state index contributed by atoms with van der Waals surface area (Å²) in [5, 5.41) is 0.460. The van der Waals surface area contributed by atoms with Crippen molar-refractivity contribution in [2.45, 2.75) is 4.90 Å². The number of hydrogen-bond donors (Lipinski definition) is 4. The fraction of sp³-hybridized carbons (Fsp3) is 0. The molecule has 2 amide bonds. The lowest BCUT2D eigenvalue weighted by molar-refractivity contribution is 0.0844. The molecule has 0 bridgehead atoms. The molecule has 5 N–H and O–H groups in total. The molecule has 0 saturated heterocycles. The van der Waals surface area contributed by atoms with Gasteiger partial charge in [0.2, 0.25) is 0 Å². The molecule has 10 nitrogen and oxygen atoms in total. The smallest absolute Gasteiger partial charge is 0.292 e. The lowest BCUT2D eigenvalue weighted by Gasteiger charge is -2.10. The van der Waals surface area contributed by atoms with E-state index in [4.69, 9.17) is 17.3 Å². The number of nitrogen functional groups attached to an aromatic ring is 1. The van der Waals surface area contributed by atoms with Crippen LogP contribution in [0.15, 0.2) is 65.8 Å². The number of nitrogens with zero attached hydrogens (tertiary/aromatic N) is 2. The zero-order valence-electron chi connectivity index (χ0n) is 15.2. The van der Waals surface area contributed by atoms with Crippen LogP contribution in [0.3, 0.4) is 0 Å². The topological polar surface area (TPSA) is 156 Å². The van der Waals surface area contributed by atoms with Crippen molar-refractivity contribution >= 4 is 44.9 Å². The molecule has 12 heteroatoms. The number of hydrazine groups is 1. The van der Waals surface area contributed by atoms with Gasteiger partial charge in [-0.25, -0.2) is 18.4 Å². The van der Waals surface area contributed by atoms with Crippen LogP contribution in [0.4, 0.5) is 11.5 Å². The number of carbonyl (C=O) groups excluding carboxylic acids is 2. The fourth-order valence-electron chi connectivity index (χ4n) is 2.31. The second-order valence-electron chi connectivity index (χ2n) is 5.84. The molecule has 0 spiro atoms. The first-order valence-electron chi connectivity index (χ1n) is 8.32. The Morgan fingerprint density at radius 3 is 2.30 bits per heavy atom. The van der Waals surface area contributed by atoms with Gasteiger partial charge in [0, 0.05) is 28.7 Å². The number of aromatic nitrogens is 2. The monoisotopic (exact) mass is 446 g/mol. The first-order valence-corrected chi connectivity index (χ1v) is 10.2. The summed E-state index contributed by atoms with van der Waals surface area (Å²) in [5.41, 5.74) is 10.0. The van der Waals surface area contributed by atoms with Crippen LogP contribution in [0.5, 0.6) is 0 Å². The van der Waals surface area contributed by atoms with Gasteiger partial charge in [0.05, 0.1) is 4.90 Å². The Morgan fingerprint density at radius 2 is 1.60 bits per heavy atom. The summed E-state index contributed by atoms with van der Waals surface area (Å²) in [5.74, 6) is -1.62. The molecule has 154 valence electrons. The summed E-state index contributed by atoms with van der Waals surface area (Å²) in [6.45, 7) is 0. The molecule has 0 aliphatic heterocycles.